The third-order valence-electron chi connectivity index (χ3n) is 5.35. The molecule has 3 heterocycles. The Morgan fingerprint density at radius 1 is 1.00 bits per heavy atom. The molecule has 0 radical (unpaired) electrons. The van der Waals surface area contributed by atoms with Crippen molar-refractivity contribution < 1.29 is 13.9 Å². The van der Waals surface area contributed by atoms with Crippen molar-refractivity contribution >= 4 is 21.8 Å². The lowest BCUT2D eigenvalue weighted by molar-refractivity contribution is 0.414. The quantitative estimate of drug-likeness (QED) is 0.390. The van der Waals surface area contributed by atoms with Crippen LogP contribution in [0.5, 0.6) is 17.4 Å². The van der Waals surface area contributed by atoms with Crippen LogP contribution in [0.25, 0.3) is 21.8 Å². The summed E-state index contributed by atoms with van der Waals surface area (Å²) in [6, 6.07) is 17.3. The summed E-state index contributed by atoms with van der Waals surface area (Å²) < 4.78 is 27.6. The van der Waals surface area contributed by atoms with E-state index in [2.05, 4.69) is 10.1 Å². The van der Waals surface area contributed by atoms with E-state index in [-0.39, 0.29) is 11.4 Å². The number of ether oxygens (including phenoxy) is 2. The number of hydrogen-bond acceptors (Lipinski definition) is 5. The molecule has 0 bridgehead atoms. The Hall–Kier alpha value is -4.20. The van der Waals surface area contributed by atoms with E-state index in [0.717, 1.165) is 27.6 Å². The highest BCUT2D eigenvalue weighted by Gasteiger charge is 2.15. The van der Waals surface area contributed by atoms with Crippen molar-refractivity contribution in [3.8, 4) is 17.4 Å². The third-order valence-corrected chi connectivity index (χ3v) is 5.35. The summed E-state index contributed by atoms with van der Waals surface area (Å²) in [7, 11) is 3.43. The maximum absolute atomic E-state index is 13.4. The van der Waals surface area contributed by atoms with Crippen molar-refractivity contribution in [1.82, 2.24) is 19.3 Å². The number of nitrogens with zero attached hydrogens (tertiary/aromatic N) is 4. The maximum Gasteiger partial charge on any atom is 0.291 e. The molecule has 0 aliphatic heterocycles. The van der Waals surface area contributed by atoms with Gasteiger partial charge in [-0.25, -0.2) is 4.68 Å². The van der Waals surface area contributed by atoms with E-state index < -0.39 is 5.95 Å². The molecule has 0 saturated heterocycles. The molecule has 2 aromatic carbocycles. The molecule has 0 amide bonds. The molecule has 3 aromatic heterocycles. The molecule has 0 spiro atoms. The first kappa shape index (κ1) is 19.7. The van der Waals surface area contributed by atoms with Crippen LogP contribution in [-0.2, 0) is 13.6 Å². The number of benzene rings is 2. The lowest BCUT2D eigenvalue weighted by atomic mass is 10.2. The van der Waals surface area contributed by atoms with Crippen LogP contribution in [-0.4, -0.2) is 26.4 Å². The van der Waals surface area contributed by atoms with Crippen molar-refractivity contribution in [3.63, 3.8) is 0 Å². The predicted molar refractivity (Wildman–Crippen MR) is 119 cm³/mol. The third kappa shape index (κ3) is 3.45. The number of hydrogen-bond donors (Lipinski definition) is 0. The van der Waals surface area contributed by atoms with Gasteiger partial charge in [-0.1, -0.05) is 18.2 Å². The van der Waals surface area contributed by atoms with Gasteiger partial charge in [-0.05, 0) is 35.9 Å². The lowest BCUT2D eigenvalue weighted by Crippen LogP contribution is -2.24. The van der Waals surface area contributed by atoms with Gasteiger partial charge in [0.1, 0.15) is 17.0 Å². The number of halogens is 1. The van der Waals surface area contributed by atoms with E-state index in [9.17, 15) is 9.18 Å². The van der Waals surface area contributed by atoms with Crippen LogP contribution in [0.1, 0.15) is 5.56 Å². The number of pyridine rings is 1. The summed E-state index contributed by atoms with van der Waals surface area (Å²) in [6.07, 6.45) is 1.70. The molecule has 0 unspecified atom stereocenters. The molecule has 5 rings (SSSR count). The van der Waals surface area contributed by atoms with Crippen LogP contribution in [0.15, 0.2) is 71.7 Å². The van der Waals surface area contributed by atoms with Crippen LogP contribution in [0.2, 0.25) is 0 Å². The molecule has 160 valence electrons. The van der Waals surface area contributed by atoms with Gasteiger partial charge in [-0.15, -0.1) is 0 Å². The fraction of sp³-hybridized carbons (Fsp3) is 0.125. The van der Waals surface area contributed by atoms with Gasteiger partial charge in [0, 0.05) is 30.0 Å². The van der Waals surface area contributed by atoms with Gasteiger partial charge >= 0.3 is 0 Å². The predicted octanol–water partition coefficient (Wildman–Crippen LogP) is 4.27. The summed E-state index contributed by atoms with van der Waals surface area (Å²) >= 11 is 0. The summed E-state index contributed by atoms with van der Waals surface area (Å²) in [5.74, 6) is 0.758. The van der Waals surface area contributed by atoms with Crippen molar-refractivity contribution in [3.05, 3.63) is 88.7 Å². The fourth-order valence-corrected chi connectivity index (χ4v) is 3.82. The highest BCUT2D eigenvalue weighted by molar-refractivity contribution is 6.07. The minimum Gasteiger partial charge on any atom is -0.497 e. The molecule has 5 aromatic rings. The first-order chi connectivity index (χ1) is 15.5. The van der Waals surface area contributed by atoms with Gasteiger partial charge in [0.2, 0.25) is 11.8 Å². The Morgan fingerprint density at radius 3 is 2.66 bits per heavy atom. The molecule has 0 aliphatic carbocycles. The Morgan fingerprint density at radius 2 is 1.84 bits per heavy atom. The molecule has 7 nitrogen and oxygen atoms in total. The standard InChI is InChI=1S/C24H19FN4O3/c1-28-20-12-17(32-22-8-4-7-21(25)27-22)9-10-18(20)19-13-26-29(24(30)23(19)28)14-15-5-3-6-16(11-15)31-2/h3-13H,14H2,1-2H3. The van der Waals surface area contributed by atoms with Gasteiger partial charge in [-0.2, -0.15) is 14.5 Å². The van der Waals surface area contributed by atoms with E-state index >= 15 is 0 Å². The van der Waals surface area contributed by atoms with Crippen LogP contribution >= 0.6 is 0 Å². The molecule has 0 N–H and O–H groups in total. The Balaban J connectivity index is 1.56. The second-order valence-corrected chi connectivity index (χ2v) is 7.36. The van der Waals surface area contributed by atoms with Gasteiger partial charge in [0.15, 0.2) is 0 Å². The number of aryl methyl sites for hydroxylation is 1. The molecule has 0 atom stereocenters. The monoisotopic (exact) mass is 430 g/mol. The lowest BCUT2D eigenvalue weighted by Gasteiger charge is -2.07. The average Bonchev–Trinajstić information content (AvgIpc) is 3.08. The van der Waals surface area contributed by atoms with Gasteiger partial charge in [-0.3, -0.25) is 4.79 Å². The van der Waals surface area contributed by atoms with E-state index in [1.807, 2.05) is 41.9 Å². The average molecular weight is 430 g/mol. The number of fused-ring (bicyclic) bond motifs is 3. The second-order valence-electron chi connectivity index (χ2n) is 7.36. The van der Waals surface area contributed by atoms with Gasteiger partial charge in [0.25, 0.3) is 5.56 Å². The van der Waals surface area contributed by atoms with E-state index in [1.54, 1.807) is 31.5 Å². The zero-order valence-electron chi connectivity index (χ0n) is 17.4. The van der Waals surface area contributed by atoms with Crippen LogP contribution in [0.3, 0.4) is 0 Å². The zero-order chi connectivity index (χ0) is 22.2. The second kappa shape index (κ2) is 7.81. The van der Waals surface area contributed by atoms with E-state index in [0.29, 0.717) is 17.8 Å². The van der Waals surface area contributed by atoms with Gasteiger partial charge in [0.05, 0.1) is 25.4 Å². The smallest absolute Gasteiger partial charge is 0.291 e. The molecule has 8 heteroatoms. The first-order valence-corrected chi connectivity index (χ1v) is 9.95. The topological polar surface area (TPSA) is 71.2 Å². The highest BCUT2D eigenvalue weighted by atomic mass is 19.1. The van der Waals surface area contributed by atoms with Crippen LogP contribution < -0.4 is 15.0 Å². The van der Waals surface area contributed by atoms with Gasteiger partial charge < -0.3 is 14.0 Å². The number of rotatable bonds is 5. The first-order valence-electron chi connectivity index (χ1n) is 9.95. The van der Waals surface area contributed by atoms with Crippen molar-refractivity contribution in [2.45, 2.75) is 6.54 Å². The minimum absolute atomic E-state index is 0.158. The largest absolute Gasteiger partial charge is 0.497 e. The van der Waals surface area contributed by atoms with Crippen LogP contribution in [0.4, 0.5) is 4.39 Å². The Bertz CT molecular complexity index is 1520. The highest BCUT2D eigenvalue weighted by Crippen LogP contribution is 2.30. The minimum atomic E-state index is -0.615. The van der Waals surface area contributed by atoms with E-state index in [1.165, 1.54) is 16.8 Å². The van der Waals surface area contributed by atoms with E-state index in [4.69, 9.17) is 9.47 Å². The summed E-state index contributed by atoms with van der Waals surface area (Å²) in [5, 5.41) is 6.02. The number of aromatic nitrogens is 4. The molecular formula is C24H19FN4O3. The molecule has 32 heavy (non-hydrogen) atoms. The molecule has 0 fully saturated rings. The number of methoxy groups -OCH3 is 1. The SMILES string of the molecule is COc1cccc(Cn2ncc3c4ccc(Oc5cccc(F)n5)cc4n(C)c3c2=O)c1. The Labute approximate surface area is 182 Å². The summed E-state index contributed by atoms with van der Waals surface area (Å²) in [4.78, 5) is 17.0. The fourth-order valence-electron chi connectivity index (χ4n) is 3.82. The van der Waals surface area contributed by atoms with Crippen LogP contribution in [0, 0.1) is 5.95 Å². The van der Waals surface area contributed by atoms with Crippen molar-refractivity contribution in [2.75, 3.05) is 7.11 Å². The Kier molecular flexibility index (Phi) is 4.82. The molecule has 0 saturated carbocycles. The normalized spacial score (nSPS) is 11.2. The summed E-state index contributed by atoms with van der Waals surface area (Å²) in [6.45, 7) is 0.326. The molecule has 0 aliphatic rings. The summed E-state index contributed by atoms with van der Waals surface area (Å²) in [5.41, 5.74) is 2.06. The van der Waals surface area contributed by atoms with Crippen molar-refractivity contribution in [1.29, 1.82) is 0 Å². The maximum atomic E-state index is 13.4. The molecular weight excluding hydrogens is 411 g/mol. The zero-order valence-corrected chi connectivity index (χ0v) is 17.4. The van der Waals surface area contributed by atoms with Crippen molar-refractivity contribution in [2.24, 2.45) is 7.05 Å².